The van der Waals surface area contributed by atoms with E-state index in [4.69, 9.17) is 0 Å². The predicted octanol–water partition coefficient (Wildman–Crippen LogP) is 6.22. The van der Waals surface area contributed by atoms with E-state index in [0.29, 0.717) is 0 Å². The highest BCUT2D eigenvalue weighted by atomic mass is 16.2. The molecular weight excluding hydrogens is 294 g/mol. The smallest absolute Gasteiger partial charge is 0.245 e. The van der Waals surface area contributed by atoms with E-state index >= 15 is 0 Å². The Morgan fingerprint density at radius 1 is 0.708 bits per heavy atom. The third kappa shape index (κ3) is 12.9. The zero-order valence-electron chi connectivity index (χ0n) is 16.9. The molecule has 2 heteroatoms. The number of nitrogens with zero attached hydrogens (tertiary/aromatic N) is 1. The molecule has 136 valence electrons. The molecule has 0 aliphatic rings. The summed E-state index contributed by atoms with van der Waals surface area (Å²) in [5, 5.41) is 0. The summed E-state index contributed by atoms with van der Waals surface area (Å²) in [4.78, 5) is 13.2. The summed E-state index contributed by atoms with van der Waals surface area (Å²) in [6.45, 7) is 10.8. The normalized spacial score (nSPS) is 13.0. The summed E-state index contributed by atoms with van der Waals surface area (Å²) in [6.07, 6.45) is 15.2. The fraction of sp³-hybridized carbons (Fsp3) is 0.591. The fourth-order valence-electron chi connectivity index (χ4n) is 2.30. The maximum absolute atomic E-state index is 11.6. The van der Waals surface area contributed by atoms with Gasteiger partial charge in [-0.3, -0.25) is 4.79 Å². The van der Waals surface area contributed by atoms with Crippen LogP contribution >= 0.6 is 0 Å². The van der Waals surface area contributed by atoms with Crippen LogP contribution in [0, 0.1) is 0 Å². The van der Waals surface area contributed by atoms with Crippen LogP contribution < -0.4 is 0 Å². The molecule has 0 radical (unpaired) electrons. The van der Waals surface area contributed by atoms with E-state index in [9.17, 15) is 4.79 Å². The Kier molecular flexibility index (Phi) is 12.0. The summed E-state index contributed by atoms with van der Waals surface area (Å²) in [5.74, 6) is 0.0712. The first-order chi connectivity index (χ1) is 11.2. The first kappa shape index (κ1) is 22.4. The van der Waals surface area contributed by atoms with Crippen LogP contribution in [0.1, 0.15) is 73.1 Å². The summed E-state index contributed by atoms with van der Waals surface area (Å²) in [5.41, 5.74) is 5.47. The molecule has 0 saturated heterocycles. The van der Waals surface area contributed by atoms with Gasteiger partial charge in [0.2, 0.25) is 5.91 Å². The van der Waals surface area contributed by atoms with Crippen molar-refractivity contribution in [2.45, 2.75) is 73.1 Å². The van der Waals surface area contributed by atoms with Gasteiger partial charge < -0.3 is 4.90 Å². The highest BCUT2D eigenvalue weighted by Gasteiger charge is 1.99. The molecule has 0 aromatic rings. The van der Waals surface area contributed by atoms with Crippen molar-refractivity contribution in [3.05, 3.63) is 46.6 Å². The first-order valence-corrected chi connectivity index (χ1v) is 9.05. The van der Waals surface area contributed by atoms with Crippen molar-refractivity contribution in [1.29, 1.82) is 0 Å². The topological polar surface area (TPSA) is 20.3 Å². The lowest BCUT2D eigenvalue weighted by Gasteiger charge is -2.07. The second-order valence-corrected chi connectivity index (χ2v) is 7.22. The second kappa shape index (κ2) is 12.8. The molecule has 0 bridgehead atoms. The molecule has 0 unspecified atom stereocenters. The summed E-state index contributed by atoms with van der Waals surface area (Å²) in [6, 6.07) is 0. The van der Waals surface area contributed by atoms with Crippen LogP contribution in [0.3, 0.4) is 0 Å². The standard InChI is InChI=1S/C22H37NO/c1-18(2)11-8-12-19(3)13-9-14-20(4)15-10-16-21(5)17-22(24)23(6)7/h11,13,15,17H,8-10,12,14,16H2,1-7H3. The highest BCUT2D eigenvalue weighted by molar-refractivity contribution is 5.87. The molecule has 1 amide bonds. The van der Waals surface area contributed by atoms with Crippen molar-refractivity contribution >= 4 is 5.91 Å². The van der Waals surface area contributed by atoms with Gasteiger partial charge >= 0.3 is 0 Å². The molecule has 0 saturated carbocycles. The SMILES string of the molecule is CC(C)=CCCC(C)=CCCC(C)=CCCC(C)=CC(=O)N(C)C. The number of hydrogen-bond donors (Lipinski definition) is 0. The molecule has 0 N–H and O–H groups in total. The molecule has 0 aromatic heterocycles. The lowest BCUT2D eigenvalue weighted by Crippen LogP contribution is -2.19. The lowest BCUT2D eigenvalue weighted by molar-refractivity contribution is -0.123. The van der Waals surface area contributed by atoms with Crippen LogP contribution in [0.2, 0.25) is 0 Å². The monoisotopic (exact) mass is 331 g/mol. The maximum atomic E-state index is 11.6. The van der Waals surface area contributed by atoms with Crippen LogP contribution in [0.5, 0.6) is 0 Å². The van der Waals surface area contributed by atoms with Gasteiger partial charge in [0.15, 0.2) is 0 Å². The van der Waals surface area contributed by atoms with Gasteiger partial charge in [0.1, 0.15) is 0 Å². The Morgan fingerprint density at radius 2 is 1.12 bits per heavy atom. The van der Waals surface area contributed by atoms with Crippen molar-refractivity contribution in [2.75, 3.05) is 14.1 Å². The van der Waals surface area contributed by atoms with Crippen molar-refractivity contribution in [2.24, 2.45) is 0 Å². The molecule has 0 aromatic carbocycles. The number of carbonyl (C=O) groups excluding carboxylic acids is 1. The first-order valence-electron chi connectivity index (χ1n) is 9.05. The van der Waals surface area contributed by atoms with Crippen LogP contribution in [0.25, 0.3) is 0 Å². The Labute approximate surface area is 150 Å². The van der Waals surface area contributed by atoms with Crippen LogP contribution in [-0.2, 0) is 4.79 Å². The van der Waals surface area contributed by atoms with Crippen molar-refractivity contribution in [1.82, 2.24) is 4.90 Å². The zero-order chi connectivity index (χ0) is 18.5. The summed E-state index contributed by atoms with van der Waals surface area (Å²) in [7, 11) is 3.57. The van der Waals surface area contributed by atoms with Crippen LogP contribution in [0.4, 0.5) is 0 Å². The van der Waals surface area contributed by atoms with E-state index in [-0.39, 0.29) is 5.91 Å². The third-order valence-corrected chi connectivity index (χ3v) is 3.96. The van der Waals surface area contributed by atoms with Gasteiger partial charge in [-0.1, -0.05) is 40.5 Å². The lowest BCUT2D eigenvalue weighted by atomic mass is 10.0. The zero-order valence-corrected chi connectivity index (χ0v) is 16.9. The highest BCUT2D eigenvalue weighted by Crippen LogP contribution is 2.13. The largest absolute Gasteiger partial charge is 0.345 e. The molecule has 0 spiro atoms. The van der Waals surface area contributed by atoms with Crippen LogP contribution in [0.15, 0.2) is 46.6 Å². The Balaban J connectivity index is 4.11. The fourth-order valence-corrected chi connectivity index (χ4v) is 2.30. The molecule has 0 aliphatic heterocycles. The number of hydrogen-bond acceptors (Lipinski definition) is 1. The van der Waals surface area contributed by atoms with E-state index in [1.165, 1.54) is 16.7 Å². The number of amides is 1. The predicted molar refractivity (Wildman–Crippen MR) is 107 cm³/mol. The van der Waals surface area contributed by atoms with E-state index in [0.717, 1.165) is 44.1 Å². The van der Waals surface area contributed by atoms with Crippen LogP contribution in [-0.4, -0.2) is 24.9 Å². The Hall–Kier alpha value is -1.57. The van der Waals surface area contributed by atoms with E-state index in [1.807, 2.05) is 6.92 Å². The molecule has 0 fully saturated rings. The molecule has 24 heavy (non-hydrogen) atoms. The quantitative estimate of drug-likeness (QED) is 0.344. The van der Waals surface area contributed by atoms with E-state index in [1.54, 1.807) is 25.1 Å². The minimum absolute atomic E-state index is 0.0712. The molecule has 0 aliphatic carbocycles. The molecule has 2 nitrogen and oxygen atoms in total. The van der Waals surface area contributed by atoms with Crippen molar-refractivity contribution in [3.8, 4) is 0 Å². The maximum Gasteiger partial charge on any atom is 0.245 e. The van der Waals surface area contributed by atoms with Gasteiger partial charge in [0.25, 0.3) is 0 Å². The van der Waals surface area contributed by atoms with Gasteiger partial charge in [-0.15, -0.1) is 0 Å². The second-order valence-electron chi connectivity index (χ2n) is 7.22. The minimum atomic E-state index is 0.0712. The van der Waals surface area contributed by atoms with E-state index < -0.39 is 0 Å². The number of allylic oxidation sites excluding steroid dienone is 7. The number of likely N-dealkylation sites (N-methyl/N-ethyl adjacent to an activating group) is 1. The Bertz CT molecular complexity index is 500. The summed E-state index contributed by atoms with van der Waals surface area (Å²) >= 11 is 0. The minimum Gasteiger partial charge on any atom is -0.345 e. The van der Waals surface area contributed by atoms with Gasteiger partial charge in [0, 0.05) is 20.2 Å². The Morgan fingerprint density at radius 3 is 1.54 bits per heavy atom. The molecular formula is C22H37NO. The van der Waals surface area contributed by atoms with Gasteiger partial charge in [-0.25, -0.2) is 0 Å². The van der Waals surface area contributed by atoms with Crippen molar-refractivity contribution in [3.63, 3.8) is 0 Å². The van der Waals surface area contributed by atoms with Crippen molar-refractivity contribution < 1.29 is 4.79 Å². The number of carbonyl (C=O) groups is 1. The van der Waals surface area contributed by atoms with Gasteiger partial charge in [0.05, 0.1) is 0 Å². The molecule has 0 heterocycles. The van der Waals surface area contributed by atoms with Gasteiger partial charge in [-0.05, 0) is 73.1 Å². The average molecular weight is 332 g/mol. The molecule has 0 rings (SSSR count). The van der Waals surface area contributed by atoms with E-state index in [2.05, 4.69) is 45.9 Å². The summed E-state index contributed by atoms with van der Waals surface area (Å²) < 4.78 is 0. The molecule has 0 atom stereocenters. The average Bonchev–Trinajstić information content (AvgIpc) is 2.46. The van der Waals surface area contributed by atoms with Gasteiger partial charge in [-0.2, -0.15) is 0 Å². The third-order valence-electron chi connectivity index (χ3n) is 3.96. The number of rotatable bonds is 10.